The Morgan fingerprint density at radius 3 is 2.83 bits per heavy atom. The Morgan fingerprint density at radius 1 is 1.50 bits per heavy atom. The molecular weight excluding hydrogens is 251 g/mol. The van der Waals surface area contributed by atoms with Gasteiger partial charge in [0.25, 0.3) is 0 Å². The molecule has 5 nitrogen and oxygen atoms in total. The van der Waals surface area contributed by atoms with E-state index in [-0.39, 0.29) is 25.6 Å². The van der Waals surface area contributed by atoms with E-state index in [1.54, 1.807) is 0 Å². The molecule has 1 amide bonds. The fourth-order valence-corrected chi connectivity index (χ4v) is 1.19. The number of nitrogens with one attached hydrogen (secondary N) is 1. The number of nitrogens with zero attached hydrogens (tertiary/aromatic N) is 1. The first-order valence-electron chi connectivity index (χ1n) is 5.03. The summed E-state index contributed by atoms with van der Waals surface area (Å²) in [5.74, 6) is -0.906. The molecule has 0 fully saturated rings. The molecule has 1 aromatic heterocycles. The quantitative estimate of drug-likeness (QED) is 0.751. The molecule has 0 saturated carbocycles. The monoisotopic (exact) mass is 263 g/mol. The number of aromatic nitrogens is 1. The van der Waals surface area contributed by atoms with Gasteiger partial charge >= 0.3 is 6.18 Å². The molecule has 100 valence electrons. The number of carbonyl (C=O) groups excluding carboxylic acids is 1. The Bertz CT molecular complexity index is 410. The summed E-state index contributed by atoms with van der Waals surface area (Å²) in [5, 5.41) is 2.49. The summed E-state index contributed by atoms with van der Waals surface area (Å²) in [6, 6.07) is 2.14. The summed E-state index contributed by atoms with van der Waals surface area (Å²) in [7, 11) is 0. The predicted molar refractivity (Wildman–Crippen MR) is 57.7 cm³/mol. The molecule has 1 rings (SSSR count). The van der Waals surface area contributed by atoms with Gasteiger partial charge in [0.05, 0.1) is 12.2 Å². The number of primary amides is 1. The third-order valence-electron chi connectivity index (χ3n) is 1.90. The van der Waals surface area contributed by atoms with E-state index in [2.05, 4.69) is 10.3 Å². The average Bonchev–Trinajstić information content (AvgIpc) is 2.27. The van der Waals surface area contributed by atoms with Crippen molar-refractivity contribution in [1.29, 1.82) is 0 Å². The summed E-state index contributed by atoms with van der Waals surface area (Å²) in [4.78, 5) is 13.9. The minimum Gasteiger partial charge on any atom is -0.370 e. The SMILES string of the molecule is NC(=O)COCCNc1ncccc1C(F)(F)F. The van der Waals surface area contributed by atoms with Crippen LogP contribution in [0.1, 0.15) is 5.56 Å². The molecule has 0 bridgehead atoms. The van der Waals surface area contributed by atoms with E-state index in [0.717, 1.165) is 6.07 Å². The van der Waals surface area contributed by atoms with Crippen molar-refractivity contribution in [3.05, 3.63) is 23.9 Å². The smallest absolute Gasteiger partial charge is 0.370 e. The standard InChI is InChI=1S/C10H12F3N3O2/c11-10(12,13)7-2-1-3-15-9(7)16-4-5-18-6-8(14)17/h1-3H,4-6H2,(H2,14,17)(H,15,16). The molecule has 8 heteroatoms. The zero-order valence-corrected chi connectivity index (χ0v) is 9.33. The second-order valence-electron chi connectivity index (χ2n) is 3.34. The van der Waals surface area contributed by atoms with E-state index in [4.69, 9.17) is 10.5 Å². The third kappa shape index (κ3) is 4.58. The van der Waals surface area contributed by atoms with Gasteiger partial charge in [-0.15, -0.1) is 0 Å². The lowest BCUT2D eigenvalue weighted by Crippen LogP contribution is -2.21. The molecule has 1 heterocycles. The van der Waals surface area contributed by atoms with E-state index in [1.807, 2.05) is 0 Å². The van der Waals surface area contributed by atoms with Gasteiger partial charge in [0.1, 0.15) is 12.4 Å². The van der Waals surface area contributed by atoms with Crippen LogP contribution in [0.3, 0.4) is 0 Å². The number of hydrogen-bond donors (Lipinski definition) is 2. The summed E-state index contributed by atoms with van der Waals surface area (Å²) in [6.45, 7) is -0.125. The Morgan fingerprint density at radius 2 is 2.22 bits per heavy atom. The molecule has 0 atom stereocenters. The van der Waals surface area contributed by atoms with Gasteiger partial charge in [-0.3, -0.25) is 4.79 Å². The Kier molecular flexibility index (Phi) is 4.90. The van der Waals surface area contributed by atoms with Crippen molar-refractivity contribution >= 4 is 11.7 Å². The maximum absolute atomic E-state index is 12.6. The van der Waals surface area contributed by atoms with Crippen molar-refractivity contribution in [3.8, 4) is 0 Å². The number of halogens is 3. The summed E-state index contributed by atoms with van der Waals surface area (Å²) in [6.07, 6.45) is -3.22. The fraction of sp³-hybridized carbons (Fsp3) is 0.400. The normalized spacial score (nSPS) is 11.3. The molecule has 0 aromatic carbocycles. The van der Waals surface area contributed by atoms with Crippen LogP contribution in [0.4, 0.5) is 19.0 Å². The number of nitrogens with two attached hydrogens (primary N) is 1. The van der Waals surface area contributed by atoms with Crippen LogP contribution >= 0.6 is 0 Å². The lowest BCUT2D eigenvalue weighted by Gasteiger charge is -2.12. The van der Waals surface area contributed by atoms with Crippen molar-refractivity contribution in [2.24, 2.45) is 5.73 Å². The summed E-state index contributed by atoms with van der Waals surface area (Å²) < 4.78 is 42.5. The molecule has 0 aliphatic rings. The van der Waals surface area contributed by atoms with Crippen LogP contribution in [0.2, 0.25) is 0 Å². The average molecular weight is 263 g/mol. The van der Waals surface area contributed by atoms with Crippen molar-refractivity contribution in [2.45, 2.75) is 6.18 Å². The molecule has 0 unspecified atom stereocenters. The number of hydrogen-bond acceptors (Lipinski definition) is 4. The number of amides is 1. The predicted octanol–water partition coefficient (Wildman–Crippen LogP) is 1.01. The van der Waals surface area contributed by atoms with Gasteiger partial charge in [0.2, 0.25) is 5.91 Å². The molecule has 1 aromatic rings. The van der Waals surface area contributed by atoms with Crippen LogP contribution < -0.4 is 11.1 Å². The van der Waals surface area contributed by atoms with E-state index >= 15 is 0 Å². The zero-order chi connectivity index (χ0) is 13.6. The molecular formula is C10H12F3N3O2. The van der Waals surface area contributed by atoms with Gasteiger partial charge in [0, 0.05) is 12.7 Å². The van der Waals surface area contributed by atoms with Crippen LogP contribution in [0.25, 0.3) is 0 Å². The van der Waals surface area contributed by atoms with E-state index in [0.29, 0.717) is 0 Å². The minimum absolute atomic E-state index is 0.0524. The number of pyridine rings is 1. The first-order valence-corrected chi connectivity index (χ1v) is 5.03. The van der Waals surface area contributed by atoms with Crippen molar-refractivity contribution < 1.29 is 22.7 Å². The summed E-state index contributed by atoms with van der Waals surface area (Å²) >= 11 is 0. The van der Waals surface area contributed by atoms with Crippen molar-refractivity contribution in [1.82, 2.24) is 4.98 Å². The van der Waals surface area contributed by atoms with Crippen LogP contribution in [0.5, 0.6) is 0 Å². The third-order valence-corrected chi connectivity index (χ3v) is 1.90. The lowest BCUT2D eigenvalue weighted by molar-refractivity contribution is -0.137. The maximum atomic E-state index is 12.6. The lowest BCUT2D eigenvalue weighted by atomic mass is 10.2. The molecule has 0 saturated heterocycles. The minimum atomic E-state index is -4.47. The molecule has 18 heavy (non-hydrogen) atoms. The first-order chi connectivity index (χ1) is 8.41. The number of carbonyl (C=O) groups is 1. The Balaban J connectivity index is 2.50. The maximum Gasteiger partial charge on any atom is 0.419 e. The van der Waals surface area contributed by atoms with Crippen molar-refractivity contribution in [2.75, 3.05) is 25.1 Å². The van der Waals surface area contributed by atoms with Gasteiger partial charge < -0.3 is 15.8 Å². The number of ether oxygens (including phenoxy) is 1. The number of alkyl halides is 3. The van der Waals surface area contributed by atoms with Gasteiger partial charge in [0.15, 0.2) is 0 Å². The van der Waals surface area contributed by atoms with Crippen LogP contribution in [-0.4, -0.2) is 30.6 Å². The van der Waals surface area contributed by atoms with Gasteiger partial charge in [-0.25, -0.2) is 4.98 Å². The highest BCUT2D eigenvalue weighted by molar-refractivity contribution is 5.74. The largest absolute Gasteiger partial charge is 0.419 e. The highest BCUT2D eigenvalue weighted by atomic mass is 19.4. The van der Waals surface area contributed by atoms with Crippen molar-refractivity contribution in [3.63, 3.8) is 0 Å². The van der Waals surface area contributed by atoms with E-state index in [1.165, 1.54) is 12.3 Å². The second-order valence-corrected chi connectivity index (χ2v) is 3.34. The van der Waals surface area contributed by atoms with Crippen LogP contribution in [0.15, 0.2) is 18.3 Å². The number of anilines is 1. The van der Waals surface area contributed by atoms with E-state index < -0.39 is 17.6 Å². The molecule has 3 N–H and O–H groups in total. The molecule has 0 radical (unpaired) electrons. The van der Waals surface area contributed by atoms with Crippen LogP contribution in [0, 0.1) is 0 Å². The Hall–Kier alpha value is -1.83. The van der Waals surface area contributed by atoms with Gasteiger partial charge in [-0.05, 0) is 12.1 Å². The first kappa shape index (κ1) is 14.2. The summed E-state index contributed by atoms with van der Waals surface area (Å²) in [5.41, 5.74) is 3.97. The highest BCUT2D eigenvalue weighted by Crippen LogP contribution is 2.33. The van der Waals surface area contributed by atoms with Crippen LogP contribution in [-0.2, 0) is 15.7 Å². The number of rotatable bonds is 6. The van der Waals surface area contributed by atoms with Gasteiger partial charge in [-0.2, -0.15) is 13.2 Å². The molecule has 0 spiro atoms. The fourth-order valence-electron chi connectivity index (χ4n) is 1.19. The molecule has 0 aliphatic heterocycles. The highest BCUT2D eigenvalue weighted by Gasteiger charge is 2.33. The van der Waals surface area contributed by atoms with Gasteiger partial charge in [-0.1, -0.05) is 0 Å². The van der Waals surface area contributed by atoms with E-state index in [9.17, 15) is 18.0 Å². The molecule has 0 aliphatic carbocycles. The zero-order valence-electron chi connectivity index (χ0n) is 9.33. The Labute approximate surface area is 101 Å². The topological polar surface area (TPSA) is 77.2 Å². The second kappa shape index (κ2) is 6.20.